The molecule has 0 amide bonds. The van der Waals surface area contributed by atoms with Crippen LogP contribution in [0.15, 0.2) is 18.2 Å². The van der Waals surface area contributed by atoms with Gasteiger partial charge < -0.3 is 5.73 Å². The third kappa shape index (κ3) is 1.16. The molecule has 0 fully saturated rings. The lowest BCUT2D eigenvalue weighted by Gasteiger charge is -1.99. The maximum atomic E-state index is 7.34. The van der Waals surface area contributed by atoms with E-state index < -0.39 is 0 Å². The Kier molecular flexibility index (Phi) is 1.77. The smallest absolute Gasteiger partial charge is 0.122 e. The first-order valence-corrected chi connectivity index (χ1v) is 4.37. The number of aromatic nitrogens is 2. The second-order valence-corrected chi connectivity index (χ2v) is 3.35. The van der Waals surface area contributed by atoms with E-state index in [0.29, 0.717) is 0 Å². The summed E-state index contributed by atoms with van der Waals surface area (Å²) in [5.41, 5.74) is 8.16. The normalized spacial score (nSPS) is 10.7. The quantitative estimate of drug-likeness (QED) is 0.521. The number of amidine groups is 1. The van der Waals surface area contributed by atoms with E-state index in [1.54, 1.807) is 4.68 Å². The molecule has 1 aromatic heterocycles. The number of hydrogen-bond acceptors (Lipinski definition) is 2. The SMILES string of the molecule is Cc1nn(C)c2cc(C(=N)N)ccc12. The summed E-state index contributed by atoms with van der Waals surface area (Å²) >= 11 is 0. The van der Waals surface area contributed by atoms with Gasteiger partial charge in [-0.25, -0.2) is 0 Å². The summed E-state index contributed by atoms with van der Waals surface area (Å²) in [6.07, 6.45) is 0. The van der Waals surface area contributed by atoms with Crippen molar-refractivity contribution < 1.29 is 0 Å². The predicted octanol–water partition coefficient (Wildman–Crippen LogP) is 1.17. The molecule has 2 aromatic rings. The summed E-state index contributed by atoms with van der Waals surface area (Å²) in [7, 11) is 1.89. The summed E-state index contributed by atoms with van der Waals surface area (Å²) in [5, 5.41) is 12.7. The van der Waals surface area contributed by atoms with Crippen LogP contribution < -0.4 is 5.73 Å². The van der Waals surface area contributed by atoms with Crippen LogP contribution in [0.2, 0.25) is 0 Å². The van der Waals surface area contributed by atoms with Gasteiger partial charge in [-0.2, -0.15) is 5.10 Å². The van der Waals surface area contributed by atoms with E-state index in [2.05, 4.69) is 5.10 Å². The average molecular weight is 188 g/mol. The summed E-state index contributed by atoms with van der Waals surface area (Å²) < 4.78 is 1.80. The molecule has 0 saturated heterocycles. The first kappa shape index (κ1) is 8.74. The highest BCUT2D eigenvalue weighted by Gasteiger charge is 2.05. The van der Waals surface area contributed by atoms with Crippen molar-refractivity contribution in [1.82, 2.24) is 9.78 Å². The van der Waals surface area contributed by atoms with E-state index in [1.165, 1.54) is 0 Å². The van der Waals surface area contributed by atoms with Crippen LogP contribution in [0, 0.1) is 12.3 Å². The minimum atomic E-state index is 0.0887. The number of nitrogens with two attached hydrogens (primary N) is 1. The summed E-state index contributed by atoms with van der Waals surface area (Å²) in [5.74, 6) is 0.0887. The zero-order valence-corrected chi connectivity index (χ0v) is 8.20. The standard InChI is InChI=1S/C10H12N4/c1-6-8-4-3-7(10(11)12)5-9(8)14(2)13-6/h3-5H,1-2H3,(H3,11,12). The zero-order valence-electron chi connectivity index (χ0n) is 8.20. The van der Waals surface area contributed by atoms with Gasteiger partial charge in [0.2, 0.25) is 0 Å². The van der Waals surface area contributed by atoms with Crippen molar-refractivity contribution in [3.63, 3.8) is 0 Å². The monoisotopic (exact) mass is 188 g/mol. The Hall–Kier alpha value is -1.84. The first-order chi connectivity index (χ1) is 6.59. The van der Waals surface area contributed by atoms with Crippen LogP contribution in [0.3, 0.4) is 0 Å². The first-order valence-electron chi connectivity index (χ1n) is 4.37. The van der Waals surface area contributed by atoms with Crippen molar-refractivity contribution in [1.29, 1.82) is 5.41 Å². The van der Waals surface area contributed by atoms with E-state index in [1.807, 2.05) is 32.2 Å². The van der Waals surface area contributed by atoms with Crippen molar-refractivity contribution in [3.05, 3.63) is 29.5 Å². The summed E-state index contributed by atoms with van der Waals surface area (Å²) in [6, 6.07) is 5.69. The van der Waals surface area contributed by atoms with E-state index in [4.69, 9.17) is 11.1 Å². The Morgan fingerprint density at radius 2 is 2.21 bits per heavy atom. The maximum absolute atomic E-state index is 7.34. The van der Waals surface area contributed by atoms with Crippen LogP contribution >= 0.6 is 0 Å². The molecule has 0 unspecified atom stereocenters. The Bertz CT molecular complexity index is 510. The van der Waals surface area contributed by atoms with Gasteiger partial charge in [0.25, 0.3) is 0 Å². The van der Waals surface area contributed by atoms with Gasteiger partial charge in [0.05, 0.1) is 11.2 Å². The minimum Gasteiger partial charge on any atom is -0.384 e. The number of rotatable bonds is 1. The third-order valence-electron chi connectivity index (χ3n) is 2.35. The van der Waals surface area contributed by atoms with Crippen LogP contribution in [0.4, 0.5) is 0 Å². The predicted molar refractivity (Wildman–Crippen MR) is 56.5 cm³/mol. The number of fused-ring (bicyclic) bond motifs is 1. The lowest BCUT2D eigenvalue weighted by Crippen LogP contribution is -2.10. The third-order valence-corrected chi connectivity index (χ3v) is 2.35. The highest BCUT2D eigenvalue weighted by molar-refractivity contribution is 5.98. The molecule has 0 aliphatic rings. The topological polar surface area (TPSA) is 67.7 Å². The molecule has 0 atom stereocenters. The van der Waals surface area contributed by atoms with E-state index in [-0.39, 0.29) is 5.84 Å². The van der Waals surface area contributed by atoms with E-state index in [9.17, 15) is 0 Å². The fraction of sp³-hybridized carbons (Fsp3) is 0.200. The van der Waals surface area contributed by atoms with E-state index in [0.717, 1.165) is 22.2 Å². The van der Waals surface area contributed by atoms with Gasteiger partial charge in [0.1, 0.15) is 5.84 Å². The second-order valence-electron chi connectivity index (χ2n) is 3.35. The fourth-order valence-electron chi connectivity index (χ4n) is 1.61. The molecular weight excluding hydrogens is 176 g/mol. The largest absolute Gasteiger partial charge is 0.384 e. The Balaban J connectivity index is 2.77. The van der Waals surface area contributed by atoms with Gasteiger partial charge in [0.15, 0.2) is 0 Å². The minimum absolute atomic E-state index is 0.0887. The molecule has 4 nitrogen and oxygen atoms in total. The molecule has 0 saturated carbocycles. The van der Waals surface area contributed by atoms with Crippen LogP contribution in [-0.4, -0.2) is 15.6 Å². The molecule has 3 N–H and O–H groups in total. The van der Waals surface area contributed by atoms with Gasteiger partial charge >= 0.3 is 0 Å². The Labute approximate surface area is 81.8 Å². The molecule has 14 heavy (non-hydrogen) atoms. The van der Waals surface area contributed by atoms with E-state index >= 15 is 0 Å². The van der Waals surface area contributed by atoms with Crippen molar-refractivity contribution >= 4 is 16.7 Å². The lowest BCUT2D eigenvalue weighted by atomic mass is 10.1. The number of nitrogens with one attached hydrogen (secondary N) is 1. The van der Waals surface area contributed by atoms with Crippen molar-refractivity contribution in [2.75, 3.05) is 0 Å². The molecule has 1 aromatic carbocycles. The van der Waals surface area contributed by atoms with Crippen LogP contribution in [0.5, 0.6) is 0 Å². The number of benzene rings is 1. The number of nitrogens with zero attached hydrogens (tertiary/aromatic N) is 2. The molecular formula is C10H12N4. The zero-order chi connectivity index (χ0) is 10.3. The van der Waals surface area contributed by atoms with Crippen LogP contribution in [0.25, 0.3) is 10.9 Å². The van der Waals surface area contributed by atoms with Crippen LogP contribution in [0.1, 0.15) is 11.3 Å². The molecule has 0 aliphatic carbocycles. The summed E-state index contributed by atoms with van der Waals surface area (Å²) in [4.78, 5) is 0. The lowest BCUT2D eigenvalue weighted by molar-refractivity contribution is 0.783. The van der Waals surface area contributed by atoms with Gasteiger partial charge in [-0.05, 0) is 13.0 Å². The second kappa shape index (κ2) is 2.83. The van der Waals surface area contributed by atoms with Crippen LogP contribution in [-0.2, 0) is 7.05 Å². The molecule has 0 aliphatic heterocycles. The van der Waals surface area contributed by atoms with Gasteiger partial charge in [-0.3, -0.25) is 10.1 Å². The molecule has 72 valence electrons. The molecule has 1 heterocycles. The molecule has 2 rings (SSSR count). The van der Waals surface area contributed by atoms with Crippen molar-refractivity contribution in [2.24, 2.45) is 12.8 Å². The average Bonchev–Trinajstić information content (AvgIpc) is 2.42. The summed E-state index contributed by atoms with van der Waals surface area (Å²) in [6.45, 7) is 1.97. The van der Waals surface area contributed by atoms with Gasteiger partial charge in [-0.1, -0.05) is 12.1 Å². The van der Waals surface area contributed by atoms with Crippen molar-refractivity contribution in [3.8, 4) is 0 Å². The molecule has 0 bridgehead atoms. The maximum Gasteiger partial charge on any atom is 0.122 e. The van der Waals surface area contributed by atoms with Gasteiger partial charge in [0, 0.05) is 18.0 Å². The Morgan fingerprint density at radius 1 is 1.50 bits per heavy atom. The highest BCUT2D eigenvalue weighted by Crippen LogP contribution is 2.18. The van der Waals surface area contributed by atoms with Gasteiger partial charge in [-0.15, -0.1) is 0 Å². The molecule has 4 heteroatoms. The molecule has 0 spiro atoms. The number of hydrogen-bond donors (Lipinski definition) is 2. The highest BCUT2D eigenvalue weighted by atomic mass is 15.3. The van der Waals surface area contributed by atoms with Crippen molar-refractivity contribution in [2.45, 2.75) is 6.92 Å². The fourth-order valence-corrected chi connectivity index (χ4v) is 1.61. The Morgan fingerprint density at radius 3 is 2.86 bits per heavy atom. The number of nitrogen functional groups attached to an aromatic ring is 1. The molecule has 0 radical (unpaired) electrons. The number of aryl methyl sites for hydroxylation is 2.